The van der Waals surface area contributed by atoms with Gasteiger partial charge in [-0.15, -0.1) is 0 Å². The van der Waals surface area contributed by atoms with Crippen molar-refractivity contribution in [1.29, 1.82) is 5.26 Å². The van der Waals surface area contributed by atoms with Crippen LogP contribution in [0, 0.1) is 11.5 Å². The first-order valence-corrected chi connectivity index (χ1v) is 3.71. The van der Waals surface area contributed by atoms with E-state index in [4.69, 9.17) is 10.4 Å². The van der Waals surface area contributed by atoms with Crippen LogP contribution in [0.25, 0.3) is 10.9 Å². The molecule has 2 rings (SSSR count). The van der Waals surface area contributed by atoms with Gasteiger partial charge in [0.25, 0.3) is 6.26 Å². The molecule has 0 atom stereocenters. The Morgan fingerprint density at radius 1 is 1.15 bits per heavy atom. The lowest BCUT2D eigenvalue weighted by atomic mass is 10.2. The van der Waals surface area contributed by atoms with Gasteiger partial charge in [-0.3, -0.25) is 4.98 Å². The highest BCUT2D eigenvalue weighted by atomic mass is 16.2. The van der Waals surface area contributed by atoms with Gasteiger partial charge in [-0.1, -0.05) is 24.3 Å². The minimum atomic E-state index is 0.750. The number of hydrogen-bond donors (Lipinski definition) is 1. The summed E-state index contributed by atoms with van der Waals surface area (Å²) < 4.78 is 0. The Balaban J connectivity index is 0.000000251. The maximum absolute atomic E-state index is 6.88. The van der Waals surface area contributed by atoms with Gasteiger partial charge < -0.3 is 5.11 Å². The number of benzene rings is 1. The average molecular weight is 172 g/mol. The number of nitriles is 1. The molecule has 0 bridgehead atoms. The molecule has 0 radical (unpaired) electrons. The molecule has 1 aromatic heterocycles. The molecule has 3 heteroatoms. The van der Waals surface area contributed by atoms with E-state index in [0.717, 1.165) is 11.8 Å². The molecule has 0 amide bonds. The number of fused-ring (bicyclic) bond motifs is 1. The summed E-state index contributed by atoms with van der Waals surface area (Å²) in [6.45, 7) is 0. The molecular formula is C10H8N2O. The van der Waals surface area contributed by atoms with Crippen molar-refractivity contribution in [2.24, 2.45) is 0 Å². The second kappa shape index (κ2) is 4.73. The fourth-order valence-electron chi connectivity index (χ4n) is 1.02. The number of aromatic nitrogens is 1. The minimum Gasteiger partial charge on any atom is -0.443 e. The third-order valence-electron chi connectivity index (χ3n) is 1.51. The first-order valence-electron chi connectivity index (χ1n) is 3.71. The van der Waals surface area contributed by atoms with Crippen LogP contribution in [-0.2, 0) is 0 Å². The highest BCUT2D eigenvalue weighted by Crippen LogP contribution is 2.07. The molecular weight excluding hydrogens is 164 g/mol. The second-order valence-electron chi connectivity index (χ2n) is 2.30. The molecule has 64 valence electrons. The van der Waals surface area contributed by atoms with Crippen molar-refractivity contribution in [3.8, 4) is 6.26 Å². The molecule has 0 fully saturated rings. The van der Waals surface area contributed by atoms with E-state index in [2.05, 4.69) is 17.1 Å². The third kappa shape index (κ3) is 2.46. The van der Waals surface area contributed by atoms with Crippen LogP contribution in [0.1, 0.15) is 0 Å². The zero-order valence-electron chi connectivity index (χ0n) is 6.88. The molecule has 0 aliphatic heterocycles. The number of rotatable bonds is 0. The van der Waals surface area contributed by atoms with Crippen molar-refractivity contribution < 1.29 is 5.11 Å². The average Bonchev–Trinajstić information content (AvgIpc) is 2.19. The van der Waals surface area contributed by atoms with Crippen molar-refractivity contribution >= 4 is 10.9 Å². The summed E-state index contributed by atoms with van der Waals surface area (Å²) in [7, 11) is 0. The van der Waals surface area contributed by atoms with E-state index in [1.165, 1.54) is 5.39 Å². The van der Waals surface area contributed by atoms with Gasteiger partial charge in [-0.05, 0) is 12.1 Å². The van der Waals surface area contributed by atoms with Crippen LogP contribution in [0.3, 0.4) is 0 Å². The van der Waals surface area contributed by atoms with Crippen LogP contribution in [0.4, 0.5) is 0 Å². The van der Waals surface area contributed by atoms with Gasteiger partial charge in [-0.25, -0.2) is 0 Å². The molecule has 0 saturated heterocycles. The number of nitrogens with zero attached hydrogens (tertiary/aromatic N) is 2. The van der Waals surface area contributed by atoms with Crippen LogP contribution >= 0.6 is 0 Å². The zero-order valence-corrected chi connectivity index (χ0v) is 6.88. The van der Waals surface area contributed by atoms with Crippen molar-refractivity contribution in [2.75, 3.05) is 0 Å². The van der Waals surface area contributed by atoms with Crippen molar-refractivity contribution in [1.82, 2.24) is 4.98 Å². The number of para-hydroxylation sites is 1. The van der Waals surface area contributed by atoms with Crippen LogP contribution in [0.2, 0.25) is 0 Å². The van der Waals surface area contributed by atoms with E-state index in [0.29, 0.717) is 0 Å². The van der Waals surface area contributed by atoms with E-state index < -0.39 is 0 Å². The quantitative estimate of drug-likeness (QED) is 0.619. The largest absolute Gasteiger partial charge is 0.443 e. The Kier molecular flexibility index (Phi) is 3.28. The van der Waals surface area contributed by atoms with Gasteiger partial charge in [0.2, 0.25) is 0 Å². The summed E-state index contributed by atoms with van der Waals surface area (Å²) in [5.41, 5.74) is 1.06. The predicted octanol–water partition coefficient (Wildman–Crippen LogP) is 2.07. The molecule has 0 aliphatic carbocycles. The lowest BCUT2D eigenvalue weighted by molar-refractivity contribution is 0.503. The van der Waals surface area contributed by atoms with Crippen LogP contribution in [0.15, 0.2) is 42.6 Å². The highest BCUT2D eigenvalue weighted by Gasteiger charge is 1.86. The van der Waals surface area contributed by atoms with Gasteiger partial charge in [0.05, 0.1) is 5.52 Å². The van der Waals surface area contributed by atoms with E-state index in [1.807, 2.05) is 30.5 Å². The molecule has 0 aliphatic rings. The Labute approximate surface area is 75.9 Å². The van der Waals surface area contributed by atoms with Crippen LogP contribution < -0.4 is 0 Å². The molecule has 13 heavy (non-hydrogen) atoms. The van der Waals surface area contributed by atoms with E-state index in [-0.39, 0.29) is 0 Å². The Bertz CT molecular complexity index is 355. The molecule has 3 nitrogen and oxygen atoms in total. The van der Waals surface area contributed by atoms with Gasteiger partial charge in [-0.2, -0.15) is 5.26 Å². The Morgan fingerprint density at radius 2 is 1.77 bits per heavy atom. The summed E-state index contributed by atoms with van der Waals surface area (Å²) in [6, 6.07) is 12.1. The number of hydrogen-bond acceptors (Lipinski definition) is 3. The summed E-state index contributed by atoms with van der Waals surface area (Å²) in [6.07, 6.45) is 2.56. The van der Waals surface area contributed by atoms with E-state index >= 15 is 0 Å². The molecule has 1 heterocycles. The fourth-order valence-corrected chi connectivity index (χ4v) is 1.02. The van der Waals surface area contributed by atoms with Gasteiger partial charge >= 0.3 is 0 Å². The maximum Gasteiger partial charge on any atom is 0.283 e. The standard InChI is InChI=1S/C9H7N.CHNO/c1-2-6-9-8(4-1)5-3-7-10-9;2-1-3/h1-7H;3H. The molecule has 0 unspecified atom stereocenters. The lowest BCUT2D eigenvalue weighted by Gasteiger charge is -1.91. The van der Waals surface area contributed by atoms with Crippen LogP contribution in [0.5, 0.6) is 0 Å². The van der Waals surface area contributed by atoms with Crippen molar-refractivity contribution in [3.05, 3.63) is 42.6 Å². The van der Waals surface area contributed by atoms with Gasteiger partial charge in [0.1, 0.15) is 0 Å². The summed E-state index contributed by atoms with van der Waals surface area (Å²) in [5.74, 6) is 0. The first-order chi connectivity index (χ1) is 6.38. The lowest BCUT2D eigenvalue weighted by Crippen LogP contribution is -1.73. The van der Waals surface area contributed by atoms with Gasteiger partial charge in [0.15, 0.2) is 0 Å². The van der Waals surface area contributed by atoms with E-state index in [9.17, 15) is 0 Å². The SMILES string of the molecule is N#CO.c1ccc2ncccc2c1. The third-order valence-corrected chi connectivity index (χ3v) is 1.51. The summed E-state index contributed by atoms with van der Waals surface area (Å²) in [4.78, 5) is 4.18. The topological polar surface area (TPSA) is 56.9 Å². The molecule has 0 spiro atoms. The monoisotopic (exact) mass is 172 g/mol. The highest BCUT2D eigenvalue weighted by molar-refractivity contribution is 5.77. The fraction of sp³-hybridized carbons (Fsp3) is 0. The Morgan fingerprint density at radius 3 is 2.46 bits per heavy atom. The minimum absolute atomic E-state index is 0.750. The van der Waals surface area contributed by atoms with Crippen molar-refractivity contribution in [3.63, 3.8) is 0 Å². The maximum atomic E-state index is 6.88. The number of pyridine rings is 1. The second-order valence-corrected chi connectivity index (χ2v) is 2.30. The molecule has 1 N–H and O–H groups in total. The predicted molar refractivity (Wildman–Crippen MR) is 49.3 cm³/mol. The number of aliphatic hydroxyl groups excluding tert-OH is 1. The van der Waals surface area contributed by atoms with Crippen LogP contribution in [-0.4, -0.2) is 10.1 Å². The molecule has 2 aromatic rings. The smallest absolute Gasteiger partial charge is 0.283 e. The summed E-state index contributed by atoms with van der Waals surface area (Å²) >= 11 is 0. The zero-order chi connectivity index (χ0) is 9.52. The van der Waals surface area contributed by atoms with E-state index in [1.54, 1.807) is 0 Å². The molecule has 0 saturated carbocycles. The van der Waals surface area contributed by atoms with Gasteiger partial charge in [0, 0.05) is 11.6 Å². The first kappa shape index (κ1) is 9.01. The number of aliphatic hydroxyl groups is 1. The van der Waals surface area contributed by atoms with Crippen molar-refractivity contribution in [2.45, 2.75) is 0 Å². The molecule has 1 aromatic carbocycles. The summed E-state index contributed by atoms with van der Waals surface area (Å²) in [5, 5.41) is 14.9. The Hall–Kier alpha value is -2.08. The normalized spacial score (nSPS) is 8.23.